The van der Waals surface area contributed by atoms with Crippen molar-refractivity contribution in [3.8, 4) is 0 Å². The number of para-hydroxylation sites is 1. The molecule has 2 rings (SSSR count). The second kappa shape index (κ2) is 6.93. The maximum Gasteiger partial charge on any atom is 0.287 e. The number of amides is 1. The van der Waals surface area contributed by atoms with Crippen molar-refractivity contribution in [3.63, 3.8) is 0 Å². The Balaban J connectivity index is 1.98. The zero-order valence-corrected chi connectivity index (χ0v) is 13.4. The van der Waals surface area contributed by atoms with E-state index in [1.165, 1.54) is 0 Å². The number of carbonyl (C=O) groups is 1. The van der Waals surface area contributed by atoms with Gasteiger partial charge in [-0.25, -0.2) is 0 Å². The van der Waals surface area contributed by atoms with E-state index < -0.39 is 0 Å². The first kappa shape index (κ1) is 15.1. The molecule has 0 saturated carbocycles. The van der Waals surface area contributed by atoms with Crippen molar-refractivity contribution >= 4 is 32.8 Å². The molecule has 0 bridgehead atoms. The molecule has 0 aliphatic rings. The van der Waals surface area contributed by atoms with Crippen LogP contribution in [0, 0.1) is 5.92 Å². The minimum Gasteiger partial charge on any atom is -0.451 e. The Bertz CT molecular complexity index is 542. The fourth-order valence-corrected chi connectivity index (χ4v) is 3.25. The second-order valence-corrected chi connectivity index (χ2v) is 6.13. The van der Waals surface area contributed by atoms with Gasteiger partial charge in [-0.15, -0.1) is 0 Å². The molecule has 0 fully saturated rings. The molecule has 1 aromatic heterocycles. The summed E-state index contributed by atoms with van der Waals surface area (Å²) in [5, 5.41) is 3.88. The van der Waals surface area contributed by atoms with Crippen LogP contribution >= 0.6 is 15.9 Å². The van der Waals surface area contributed by atoms with Gasteiger partial charge in [0.1, 0.15) is 5.58 Å². The van der Waals surface area contributed by atoms with Gasteiger partial charge in [0.15, 0.2) is 5.76 Å². The average molecular weight is 338 g/mol. The first-order chi connectivity index (χ1) is 9.65. The smallest absolute Gasteiger partial charge is 0.287 e. The number of rotatable bonds is 6. The molecule has 1 atom stereocenters. The number of hydrogen-bond acceptors (Lipinski definition) is 2. The van der Waals surface area contributed by atoms with E-state index in [9.17, 15) is 4.79 Å². The van der Waals surface area contributed by atoms with E-state index in [1.807, 2.05) is 24.3 Å². The number of hydrogen-bond donors (Lipinski definition) is 1. The monoisotopic (exact) mass is 337 g/mol. The third-order valence-electron chi connectivity index (χ3n) is 3.67. The lowest BCUT2D eigenvalue weighted by atomic mass is 9.99. The Morgan fingerprint density at radius 3 is 2.65 bits per heavy atom. The van der Waals surface area contributed by atoms with Crippen LogP contribution < -0.4 is 5.32 Å². The van der Waals surface area contributed by atoms with E-state index in [2.05, 4.69) is 35.1 Å². The number of fused-ring (bicyclic) bond motifs is 1. The molecular formula is C16H20BrNO2. The van der Waals surface area contributed by atoms with E-state index >= 15 is 0 Å². The molecule has 1 aromatic carbocycles. The van der Waals surface area contributed by atoms with Crippen molar-refractivity contribution in [1.29, 1.82) is 0 Å². The lowest BCUT2D eigenvalue weighted by molar-refractivity contribution is 0.0926. The van der Waals surface area contributed by atoms with E-state index in [-0.39, 0.29) is 5.91 Å². The number of furan rings is 1. The summed E-state index contributed by atoms with van der Waals surface area (Å²) < 4.78 is 5.55. The van der Waals surface area contributed by atoms with Gasteiger partial charge in [-0.05, 0) is 18.1 Å². The van der Waals surface area contributed by atoms with Crippen LogP contribution in [-0.4, -0.2) is 17.3 Å². The number of benzene rings is 1. The summed E-state index contributed by atoms with van der Waals surface area (Å²) in [6, 6.07) is 9.41. The molecule has 20 heavy (non-hydrogen) atoms. The van der Waals surface area contributed by atoms with Crippen LogP contribution in [0.4, 0.5) is 0 Å². The van der Waals surface area contributed by atoms with Gasteiger partial charge in [0.05, 0.1) is 0 Å². The lowest BCUT2D eigenvalue weighted by Gasteiger charge is -2.19. The van der Waals surface area contributed by atoms with E-state index in [0.717, 1.165) is 23.8 Å². The van der Waals surface area contributed by atoms with Crippen LogP contribution in [0.25, 0.3) is 11.0 Å². The Hall–Kier alpha value is -1.29. The standard InChI is InChI=1S/C16H20BrNO2/c1-3-11(4-2)13(17)10-18-16(19)15-9-12-7-5-6-8-14(12)20-15/h5-9,11,13H,3-4,10H2,1-2H3,(H,18,19). The number of nitrogens with one attached hydrogen (secondary N) is 1. The summed E-state index contributed by atoms with van der Waals surface area (Å²) in [6.45, 7) is 4.95. The van der Waals surface area contributed by atoms with Gasteiger partial charge in [-0.2, -0.15) is 0 Å². The van der Waals surface area contributed by atoms with Crippen LogP contribution in [0.3, 0.4) is 0 Å². The van der Waals surface area contributed by atoms with Gasteiger partial charge < -0.3 is 9.73 Å². The second-order valence-electron chi connectivity index (χ2n) is 4.95. The summed E-state index contributed by atoms with van der Waals surface area (Å²) >= 11 is 3.66. The largest absolute Gasteiger partial charge is 0.451 e. The molecule has 1 heterocycles. The van der Waals surface area contributed by atoms with Crippen molar-refractivity contribution in [1.82, 2.24) is 5.32 Å². The molecule has 0 spiro atoms. The predicted molar refractivity (Wildman–Crippen MR) is 85.3 cm³/mol. The highest BCUT2D eigenvalue weighted by molar-refractivity contribution is 9.09. The van der Waals surface area contributed by atoms with E-state index in [0.29, 0.717) is 23.1 Å². The molecule has 0 radical (unpaired) electrons. The minimum atomic E-state index is -0.156. The zero-order valence-electron chi connectivity index (χ0n) is 11.9. The highest BCUT2D eigenvalue weighted by atomic mass is 79.9. The zero-order chi connectivity index (χ0) is 14.5. The average Bonchev–Trinajstić information content (AvgIpc) is 2.90. The van der Waals surface area contributed by atoms with Crippen LogP contribution in [0.15, 0.2) is 34.7 Å². The Kier molecular flexibility index (Phi) is 5.24. The van der Waals surface area contributed by atoms with Crippen LogP contribution in [0.2, 0.25) is 0 Å². The van der Waals surface area contributed by atoms with Crippen molar-refractivity contribution in [3.05, 3.63) is 36.1 Å². The highest BCUT2D eigenvalue weighted by Gasteiger charge is 2.18. The fourth-order valence-electron chi connectivity index (χ4n) is 2.34. The summed E-state index contributed by atoms with van der Waals surface area (Å²) in [7, 11) is 0. The summed E-state index contributed by atoms with van der Waals surface area (Å²) in [4.78, 5) is 12.4. The van der Waals surface area contributed by atoms with Crippen LogP contribution in [0.5, 0.6) is 0 Å². The molecule has 1 unspecified atom stereocenters. The molecule has 2 aromatic rings. The fraction of sp³-hybridized carbons (Fsp3) is 0.438. The summed E-state index contributed by atoms with van der Waals surface area (Å²) in [5.41, 5.74) is 0.744. The van der Waals surface area contributed by atoms with Crippen molar-refractivity contribution in [2.45, 2.75) is 31.5 Å². The van der Waals surface area contributed by atoms with Gasteiger partial charge in [-0.1, -0.05) is 60.8 Å². The Labute approximate surface area is 127 Å². The molecule has 0 aliphatic carbocycles. The van der Waals surface area contributed by atoms with Crippen LogP contribution in [-0.2, 0) is 0 Å². The molecule has 3 nitrogen and oxygen atoms in total. The van der Waals surface area contributed by atoms with Gasteiger partial charge in [0.25, 0.3) is 5.91 Å². The SMILES string of the molecule is CCC(CC)C(Br)CNC(=O)c1cc2ccccc2o1. The Morgan fingerprint density at radius 1 is 1.30 bits per heavy atom. The van der Waals surface area contributed by atoms with E-state index in [1.54, 1.807) is 6.07 Å². The number of halogens is 1. The molecule has 108 valence electrons. The first-order valence-corrected chi connectivity index (χ1v) is 7.98. The van der Waals surface area contributed by atoms with Crippen molar-refractivity contribution in [2.75, 3.05) is 6.54 Å². The number of alkyl halides is 1. The van der Waals surface area contributed by atoms with Gasteiger partial charge in [0, 0.05) is 16.8 Å². The molecule has 0 saturated heterocycles. The topological polar surface area (TPSA) is 42.2 Å². The maximum atomic E-state index is 12.1. The third kappa shape index (κ3) is 3.42. The normalized spacial score (nSPS) is 12.8. The minimum absolute atomic E-state index is 0.156. The van der Waals surface area contributed by atoms with E-state index in [4.69, 9.17) is 4.42 Å². The molecule has 1 N–H and O–H groups in total. The highest BCUT2D eigenvalue weighted by Crippen LogP contribution is 2.21. The van der Waals surface area contributed by atoms with Crippen molar-refractivity contribution in [2.24, 2.45) is 5.92 Å². The van der Waals surface area contributed by atoms with Gasteiger partial charge >= 0.3 is 0 Å². The Morgan fingerprint density at radius 2 is 2.00 bits per heavy atom. The maximum absolute atomic E-state index is 12.1. The predicted octanol–water partition coefficient (Wildman–Crippen LogP) is 4.36. The van der Waals surface area contributed by atoms with Crippen LogP contribution in [0.1, 0.15) is 37.2 Å². The quantitative estimate of drug-likeness (QED) is 0.795. The van der Waals surface area contributed by atoms with Gasteiger partial charge in [-0.3, -0.25) is 4.79 Å². The number of carbonyl (C=O) groups excluding carboxylic acids is 1. The molecule has 0 aliphatic heterocycles. The summed E-state index contributed by atoms with van der Waals surface area (Å²) in [6.07, 6.45) is 2.21. The molecule has 1 amide bonds. The van der Waals surface area contributed by atoms with Gasteiger partial charge in [0.2, 0.25) is 0 Å². The first-order valence-electron chi connectivity index (χ1n) is 7.06. The molecular weight excluding hydrogens is 318 g/mol. The lowest BCUT2D eigenvalue weighted by Crippen LogP contribution is -2.32. The summed E-state index contributed by atoms with van der Waals surface area (Å²) in [5.74, 6) is 0.790. The third-order valence-corrected chi connectivity index (χ3v) is 4.74. The molecule has 4 heteroatoms. The van der Waals surface area contributed by atoms with Crippen molar-refractivity contribution < 1.29 is 9.21 Å².